The van der Waals surface area contributed by atoms with E-state index in [4.69, 9.17) is 9.47 Å². The highest BCUT2D eigenvalue weighted by Crippen LogP contribution is 2.28. The number of rotatable bonds is 7. The number of hydrogen-bond donors (Lipinski definition) is 1. The van der Waals surface area contributed by atoms with Crippen LogP contribution < -0.4 is 5.32 Å². The number of methoxy groups -OCH3 is 1. The number of carbonyl (C=O) groups is 1. The lowest BCUT2D eigenvalue weighted by Gasteiger charge is -2.34. The molecule has 2 fully saturated rings. The molecule has 3 unspecified atom stereocenters. The predicted octanol–water partition coefficient (Wildman–Crippen LogP) is 1.52. The van der Waals surface area contributed by atoms with Gasteiger partial charge in [-0.25, -0.2) is 0 Å². The van der Waals surface area contributed by atoms with Crippen molar-refractivity contribution in [2.75, 3.05) is 26.9 Å². The Balaban J connectivity index is 2.07. The molecule has 0 spiro atoms. The third-order valence-electron chi connectivity index (χ3n) is 4.45. The number of hydrogen-bond acceptors (Lipinski definition) is 4. The summed E-state index contributed by atoms with van der Waals surface area (Å²) in [7, 11) is 1.72. The molecule has 2 heterocycles. The van der Waals surface area contributed by atoms with Crippen molar-refractivity contribution in [3.63, 3.8) is 0 Å². The molecule has 1 N–H and O–H groups in total. The zero-order chi connectivity index (χ0) is 14.6. The van der Waals surface area contributed by atoms with Crippen molar-refractivity contribution in [1.29, 1.82) is 0 Å². The first-order valence-corrected chi connectivity index (χ1v) is 7.85. The number of carbonyl (C=O) groups excluding carboxylic acids is 1. The van der Waals surface area contributed by atoms with Gasteiger partial charge in [-0.2, -0.15) is 0 Å². The first kappa shape index (κ1) is 15.7. The number of nitrogens with zero attached hydrogens (tertiary/aromatic N) is 1. The van der Waals surface area contributed by atoms with E-state index in [9.17, 15) is 4.79 Å². The molecule has 20 heavy (non-hydrogen) atoms. The van der Waals surface area contributed by atoms with Gasteiger partial charge in [-0.3, -0.25) is 10.1 Å². The van der Waals surface area contributed by atoms with Gasteiger partial charge >= 0.3 is 0 Å². The largest absolute Gasteiger partial charge is 0.378 e. The average molecular weight is 284 g/mol. The highest BCUT2D eigenvalue weighted by molar-refractivity contribution is 5.84. The minimum Gasteiger partial charge on any atom is -0.378 e. The first-order valence-electron chi connectivity index (χ1n) is 7.85. The Kier molecular flexibility index (Phi) is 5.41. The van der Waals surface area contributed by atoms with Gasteiger partial charge in [-0.15, -0.1) is 0 Å². The van der Waals surface area contributed by atoms with Crippen molar-refractivity contribution in [2.24, 2.45) is 0 Å². The van der Waals surface area contributed by atoms with E-state index in [0.717, 1.165) is 38.7 Å². The summed E-state index contributed by atoms with van der Waals surface area (Å²) in [5.41, 5.74) is -0.315. The molecule has 0 radical (unpaired) electrons. The van der Waals surface area contributed by atoms with Crippen LogP contribution in [0.2, 0.25) is 0 Å². The molecule has 0 aromatic carbocycles. The van der Waals surface area contributed by atoms with Gasteiger partial charge in [-0.1, -0.05) is 26.7 Å². The fourth-order valence-electron chi connectivity index (χ4n) is 3.19. The maximum atomic E-state index is 12.6. The Morgan fingerprint density at radius 2 is 2.15 bits per heavy atom. The van der Waals surface area contributed by atoms with E-state index in [-0.39, 0.29) is 23.7 Å². The second kappa shape index (κ2) is 6.87. The SMILES string of the molecule is CCCC1NC(CCC)N(CC2(OC)CCOC2)C1=O. The summed E-state index contributed by atoms with van der Waals surface area (Å²) in [5, 5.41) is 3.49. The standard InChI is InChI=1S/C15H28N2O3/c1-4-6-12-14(18)17(13(16-12)7-5-2)10-15(19-3)8-9-20-11-15/h12-13,16H,4-11H2,1-3H3. The summed E-state index contributed by atoms with van der Waals surface area (Å²) >= 11 is 0. The van der Waals surface area contributed by atoms with Gasteiger partial charge in [-0.05, 0) is 12.8 Å². The molecule has 0 aliphatic carbocycles. The maximum absolute atomic E-state index is 12.6. The van der Waals surface area contributed by atoms with Crippen LogP contribution in [0.5, 0.6) is 0 Å². The van der Waals surface area contributed by atoms with Crippen LogP contribution in [0, 0.1) is 0 Å². The number of amides is 1. The molecule has 3 atom stereocenters. The van der Waals surface area contributed by atoms with Crippen LogP contribution in [0.4, 0.5) is 0 Å². The quantitative estimate of drug-likeness (QED) is 0.770. The highest BCUT2D eigenvalue weighted by Gasteiger charge is 2.44. The molecule has 116 valence electrons. The summed E-state index contributed by atoms with van der Waals surface area (Å²) in [6, 6.07) is -0.0206. The third-order valence-corrected chi connectivity index (χ3v) is 4.45. The summed E-state index contributed by atoms with van der Waals surface area (Å²) in [6.07, 6.45) is 5.01. The molecule has 5 nitrogen and oxygen atoms in total. The van der Waals surface area contributed by atoms with E-state index >= 15 is 0 Å². The van der Waals surface area contributed by atoms with Crippen LogP contribution in [0.25, 0.3) is 0 Å². The van der Waals surface area contributed by atoms with E-state index in [2.05, 4.69) is 19.2 Å². The monoisotopic (exact) mass is 284 g/mol. The fourth-order valence-corrected chi connectivity index (χ4v) is 3.19. The molecule has 0 aromatic rings. The maximum Gasteiger partial charge on any atom is 0.241 e. The second-order valence-corrected chi connectivity index (χ2v) is 5.97. The van der Waals surface area contributed by atoms with Crippen LogP contribution in [-0.4, -0.2) is 55.5 Å². The minimum absolute atomic E-state index is 0.0206. The molecule has 2 saturated heterocycles. The Bertz CT molecular complexity index is 329. The smallest absolute Gasteiger partial charge is 0.241 e. The molecule has 0 saturated carbocycles. The Hall–Kier alpha value is -0.650. The normalized spacial score (nSPS) is 34.1. The van der Waals surface area contributed by atoms with E-state index in [1.165, 1.54) is 0 Å². The lowest BCUT2D eigenvalue weighted by Crippen LogP contribution is -2.49. The lowest BCUT2D eigenvalue weighted by atomic mass is 10.0. The molecular formula is C15H28N2O3. The van der Waals surface area contributed by atoms with E-state index in [1.807, 2.05) is 4.90 Å². The van der Waals surface area contributed by atoms with Gasteiger partial charge in [0.2, 0.25) is 5.91 Å². The highest BCUT2D eigenvalue weighted by atomic mass is 16.5. The van der Waals surface area contributed by atoms with Gasteiger partial charge in [0.1, 0.15) is 5.60 Å². The molecule has 0 bridgehead atoms. The molecule has 2 rings (SSSR count). The molecule has 1 amide bonds. The molecule has 0 aromatic heterocycles. The van der Waals surface area contributed by atoms with E-state index in [1.54, 1.807) is 7.11 Å². The third kappa shape index (κ3) is 3.15. The van der Waals surface area contributed by atoms with Crippen LogP contribution in [-0.2, 0) is 14.3 Å². The predicted molar refractivity (Wildman–Crippen MR) is 77.4 cm³/mol. The van der Waals surface area contributed by atoms with Crippen molar-refractivity contribution in [2.45, 2.75) is 63.8 Å². The topological polar surface area (TPSA) is 50.8 Å². The fraction of sp³-hybridized carbons (Fsp3) is 0.933. The first-order chi connectivity index (χ1) is 9.65. The van der Waals surface area contributed by atoms with Gasteiger partial charge in [0, 0.05) is 20.1 Å². The molecular weight excluding hydrogens is 256 g/mol. The second-order valence-electron chi connectivity index (χ2n) is 5.97. The summed E-state index contributed by atoms with van der Waals surface area (Å²) < 4.78 is 11.2. The molecule has 2 aliphatic rings. The van der Waals surface area contributed by atoms with Crippen LogP contribution in [0.1, 0.15) is 46.0 Å². The van der Waals surface area contributed by atoms with E-state index in [0.29, 0.717) is 13.2 Å². The summed E-state index contributed by atoms with van der Waals surface area (Å²) in [4.78, 5) is 14.6. The van der Waals surface area contributed by atoms with Crippen molar-refractivity contribution >= 4 is 5.91 Å². The molecule has 5 heteroatoms. The summed E-state index contributed by atoms with van der Waals surface area (Å²) in [5.74, 6) is 0.230. The van der Waals surface area contributed by atoms with Crippen molar-refractivity contribution in [3.05, 3.63) is 0 Å². The van der Waals surface area contributed by atoms with Crippen LogP contribution in [0.3, 0.4) is 0 Å². The summed E-state index contributed by atoms with van der Waals surface area (Å²) in [6.45, 7) is 6.22. The zero-order valence-corrected chi connectivity index (χ0v) is 13.0. The van der Waals surface area contributed by atoms with Crippen molar-refractivity contribution in [3.8, 4) is 0 Å². The lowest BCUT2D eigenvalue weighted by molar-refractivity contribution is -0.135. The van der Waals surface area contributed by atoms with Gasteiger partial charge < -0.3 is 14.4 Å². The zero-order valence-electron chi connectivity index (χ0n) is 13.0. The van der Waals surface area contributed by atoms with Crippen LogP contribution >= 0.6 is 0 Å². The Labute approximate surface area is 122 Å². The van der Waals surface area contributed by atoms with Gasteiger partial charge in [0.15, 0.2) is 0 Å². The number of nitrogens with one attached hydrogen (secondary N) is 1. The average Bonchev–Trinajstić information content (AvgIpc) is 3.02. The number of ether oxygens (including phenoxy) is 2. The van der Waals surface area contributed by atoms with Crippen molar-refractivity contribution in [1.82, 2.24) is 10.2 Å². The Morgan fingerprint density at radius 1 is 1.40 bits per heavy atom. The van der Waals surface area contributed by atoms with Crippen molar-refractivity contribution < 1.29 is 14.3 Å². The minimum atomic E-state index is -0.315. The van der Waals surface area contributed by atoms with Gasteiger partial charge in [0.05, 0.1) is 25.4 Å². The van der Waals surface area contributed by atoms with Crippen LogP contribution in [0.15, 0.2) is 0 Å². The molecule has 2 aliphatic heterocycles. The van der Waals surface area contributed by atoms with E-state index < -0.39 is 0 Å². The van der Waals surface area contributed by atoms with Gasteiger partial charge in [0.25, 0.3) is 0 Å². The Morgan fingerprint density at radius 3 is 2.70 bits per heavy atom.